The fourth-order valence-electron chi connectivity index (χ4n) is 8.41. The topological polar surface area (TPSA) is 103 Å². The lowest BCUT2D eigenvalue weighted by atomic mass is 9.53. The molecule has 228 valence electrons. The highest BCUT2D eigenvalue weighted by atomic mass is 28.4. The lowest BCUT2D eigenvalue weighted by Gasteiger charge is -2.56. The van der Waals surface area contributed by atoms with Gasteiger partial charge in [-0.3, -0.25) is 9.78 Å². The predicted molar refractivity (Wildman–Crippen MR) is 168 cm³/mol. The van der Waals surface area contributed by atoms with Gasteiger partial charge in [0, 0.05) is 5.54 Å². The Balaban J connectivity index is 1.08. The molecule has 3 aromatic rings. The van der Waals surface area contributed by atoms with Gasteiger partial charge in [0.1, 0.15) is 6.61 Å². The third-order valence-electron chi connectivity index (χ3n) is 9.57. The van der Waals surface area contributed by atoms with Crippen molar-refractivity contribution in [3.63, 3.8) is 0 Å². The molecule has 8 nitrogen and oxygen atoms in total. The predicted octanol–water partition coefficient (Wildman–Crippen LogP) is 4.19. The van der Waals surface area contributed by atoms with Crippen LogP contribution in [0.25, 0.3) is 0 Å². The van der Waals surface area contributed by atoms with Crippen molar-refractivity contribution in [3.8, 4) is 11.8 Å². The third-order valence-corrected chi connectivity index (χ3v) is 14.6. The van der Waals surface area contributed by atoms with Crippen molar-refractivity contribution in [1.29, 1.82) is 0 Å². The number of aromatic nitrogens is 2. The van der Waals surface area contributed by atoms with E-state index in [9.17, 15) is 9.59 Å². The largest absolute Gasteiger partial charge is 0.476 e. The van der Waals surface area contributed by atoms with Crippen LogP contribution in [-0.4, -0.2) is 49.6 Å². The zero-order valence-electron chi connectivity index (χ0n) is 25.4. The van der Waals surface area contributed by atoms with Gasteiger partial charge >= 0.3 is 5.69 Å². The van der Waals surface area contributed by atoms with Crippen molar-refractivity contribution in [2.75, 3.05) is 19.8 Å². The fraction of sp³-hybridized carbons (Fsp3) is 0.500. The molecular weight excluding hydrogens is 558 g/mol. The Labute approximate surface area is 254 Å². The van der Waals surface area contributed by atoms with E-state index in [1.54, 1.807) is 0 Å². The molecule has 4 aliphatic rings. The number of carbonyl (C=O) groups excluding carboxylic acids is 1. The number of hydrogen-bond donors (Lipinski definition) is 2. The van der Waals surface area contributed by atoms with Crippen molar-refractivity contribution in [1.82, 2.24) is 15.3 Å². The van der Waals surface area contributed by atoms with E-state index in [-0.39, 0.29) is 41.5 Å². The number of H-pyrrole nitrogens is 1. The van der Waals surface area contributed by atoms with Gasteiger partial charge in [0.05, 0.1) is 12.7 Å². The number of aromatic amines is 1. The van der Waals surface area contributed by atoms with Gasteiger partial charge in [-0.1, -0.05) is 81.4 Å². The van der Waals surface area contributed by atoms with Crippen LogP contribution in [0.15, 0.2) is 71.5 Å². The number of rotatable bonds is 11. The standard InChI is InChI=1S/C34H43N3O5Si/c1-33(2,3)43(27-10-6-4-7-11-27,28-12-8-5-9-13-28)42-15-14-40-30-19-31(36-32(39)35-30)41-23-29(38)37-34-20-24-16-25(21-34)18-26(17-24)22-34/h4-13,19,24-26H,14-18,20-23H2,1-3H3,(H,37,38)(H,35,36,39). The summed E-state index contributed by atoms with van der Waals surface area (Å²) in [5.41, 5.74) is -0.683. The Hall–Kier alpha value is -3.43. The number of carbonyl (C=O) groups is 1. The maximum atomic E-state index is 12.9. The monoisotopic (exact) mass is 601 g/mol. The van der Waals surface area contributed by atoms with Gasteiger partial charge in [0.15, 0.2) is 12.5 Å². The summed E-state index contributed by atoms with van der Waals surface area (Å²) in [7, 11) is -2.70. The van der Waals surface area contributed by atoms with E-state index in [4.69, 9.17) is 13.9 Å². The Morgan fingerprint density at radius 1 is 0.907 bits per heavy atom. The number of benzene rings is 2. The second-order valence-corrected chi connectivity index (χ2v) is 18.1. The molecule has 0 unspecified atom stereocenters. The molecule has 0 radical (unpaired) electrons. The van der Waals surface area contributed by atoms with E-state index < -0.39 is 14.0 Å². The molecule has 0 spiro atoms. The van der Waals surface area contributed by atoms with E-state index in [1.807, 2.05) is 12.1 Å². The van der Waals surface area contributed by atoms with Crippen LogP contribution in [0.4, 0.5) is 0 Å². The first-order valence-electron chi connectivity index (χ1n) is 15.6. The lowest BCUT2D eigenvalue weighted by molar-refractivity contribution is -0.128. The third kappa shape index (κ3) is 6.29. The first kappa shape index (κ1) is 29.6. The van der Waals surface area contributed by atoms with Gasteiger partial charge in [0.25, 0.3) is 14.2 Å². The molecule has 4 saturated carbocycles. The Morgan fingerprint density at radius 2 is 1.47 bits per heavy atom. The normalized spacial score (nSPS) is 24.5. The Bertz CT molecular complexity index is 1400. The highest BCUT2D eigenvalue weighted by Crippen LogP contribution is 2.55. The van der Waals surface area contributed by atoms with E-state index >= 15 is 0 Å². The summed E-state index contributed by atoms with van der Waals surface area (Å²) in [5.74, 6) is 2.34. The summed E-state index contributed by atoms with van der Waals surface area (Å²) in [5, 5.41) is 5.52. The maximum Gasteiger partial charge on any atom is 0.351 e. The lowest BCUT2D eigenvalue weighted by Crippen LogP contribution is -2.66. The van der Waals surface area contributed by atoms with Crippen molar-refractivity contribution >= 4 is 24.6 Å². The van der Waals surface area contributed by atoms with Crippen LogP contribution in [0, 0.1) is 17.8 Å². The van der Waals surface area contributed by atoms with Gasteiger partial charge in [0.2, 0.25) is 5.88 Å². The number of hydrogen-bond acceptors (Lipinski definition) is 6. The minimum Gasteiger partial charge on any atom is -0.476 e. The van der Waals surface area contributed by atoms with Gasteiger partial charge < -0.3 is 19.2 Å². The number of nitrogens with one attached hydrogen (secondary N) is 2. The number of nitrogens with zero attached hydrogens (tertiary/aromatic N) is 1. The van der Waals surface area contributed by atoms with E-state index in [2.05, 4.69) is 84.6 Å². The van der Waals surface area contributed by atoms with Crippen LogP contribution >= 0.6 is 0 Å². The van der Waals surface area contributed by atoms with Gasteiger partial charge in [-0.25, -0.2) is 4.79 Å². The van der Waals surface area contributed by atoms with Gasteiger partial charge in [-0.15, -0.1) is 0 Å². The van der Waals surface area contributed by atoms with Crippen LogP contribution in [0.1, 0.15) is 59.3 Å². The molecule has 2 N–H and O–H groups in total. The van der Waals surface area contributed by atoms with E-state index in [0.717, 1.165) is 37.0 Å². The summed E-state index contributed by atoms with van der Waals surface area (Å²) in [6.07, 6.45) is 7.15. The highest BCUT2D eigenvalue weighted by molar-refractivity contribution is 6.99. The van der Waals surface area contributed by atoms with Crippen LogP contribution in [-0.2, 0) is 9.22 Å². The van der Waals surface area contributed by atoms with Crippen molar-refractivity contribution in [3.05, 3.63) is 77.2 Å². The molecule has 43 heavy (non-hydrogen) atoms. The van der Waals surface area contributed by atoms with Crippen LogP contribution in [0.3, 0.4) is 0 Å². The van der Waals surface area contributed by atoms with Crippen molar-refractivity contribution in [2.45, 2.75) is 69.9 Å². The molecular formula is C34H43N3O5Si. The van der Waals surface area contributed by atoms with E-state index in [0.29, 0.717) is 6.61 Å². The van der Waals surface area contributed by atoms with Crippen LogP contribution in [0.2, 0.25) is 5.04 Å². The molecule has 1 amide bonds. The van der Waals surface area contributed by atoms with Gasteiger partial charge in [-0.2, -0.15) is 4.98 Å². The minimum atomic E-state index is -2.70. The number of ether oxygens (including phenoxy) is 2. The minimum absolute atomic E-state index is 0.0623. The maximum absolute atomic E-state index is 12.9. The summed E-state index contributed by atoms with van der Waals surface area (Å²) in [6.45, 7) is 7.03. The quantitative estimate of drug-likeness (QED) is 0.253. The SMILES string of the molecule is CC(C)(C)[Si](OCCOc1cc(OCC(=O)NC23CC4CC(CC(C4)C2)C3)nc(=O)[nH]1)(c1ccccc1)c1ccccc1. The Morgan fingerprint density at radius 3 is 2.00 bits per heavy atom. The molecule has 0 atom stereocenters. The second kappa shape index (κ2) is 11.9. The van der Waals surface area contributed by atoms with Crippen molar-refractivity contribution in [2.24, 2.45) is 17.8 Å². The molecule has 4 aliphatic carbocycles. The molecule has 1 aromatic heterocycles. The summed E-state index contributed by atoms with van der Waals surface area (Å²) in [4.78, 5) is 31.7. The van der Waals surface area contributed by atoms with Crippen molar-refractivity contribution < 1.29 is 18.7 Å². The summed E-state index contributed by atoms with van der Waals surface area (Å²) < 4.78 is 18.5. The molecule has 2 aromatic carbocycles. The molecule has 4 fully saturated rings. The Kier molecular flexibility index (Phi) is 8.22. The highest BCUT2D eigenvalue weighted by Gasteiger charge is 2.52. The van der Waals surface area contributed by atoms with Crippen LogP contribution < -0.4 is 30.9 Å². The average Bonchev–Trinajstić information content (AvgIpc) is 2.95. The molecule has 7 rings (SSSR count). The first-order valence-corrected chi connectivity index (χ1v) is 17.5. The summed E-state index contributed by atoms with van der Waals surface area (Å²) >= 11 is 0. The zero-order chi connectivity index (χ0) is 30.1. The average molecular weight is 602 g/mol. The summed E-state index contributed by atoms with van der Waals surface area (Å²) in [6, 6.07) is 22.4. The smallest absolute Gasteiger partial charge is 0.351 e. The zero-order valence-corrected chi connectivity index (χ0v) is 26.4. The molecule has 0 aliphatic heterocycles. The van der Waals surface area contributed by atoms with Gasteiger partial charge in [-0.05, 0) is 71.7 Å². The molecule has 4 bridgehead atoms. The van der Waals surface area contributed by atoms with E-state index in [1.165, 1.54) is 35.7 Å². The second-order valence-electron chi connectivity index (χ2n) is 13.8. The molecule has 1 heterocycles. The molecule has 0 saturated heterocycles. The molecule has 9 heteroatoms. The first-order chi connectivity index (χ1) is 20.6. The van der Waals surface area contributed by atoms with Crippen LogP contribution in [0.5, 0.6) is 11.8 Å². The number of amides is 1. The fourth-order valence-corrected chi connectivity index (χ4v) is 13.0.